The number of amides is 1. The van der Waals surface area contributed by atoms with Crippen molar-refractivity contribution in [3.8, 4) is 5.69 Å². The Kier molecular flexibility index (Phi) is 3.61. The molecule has 1 aromatic carbocycles. The maximum absolute atomic E-state index is 13.0. The van der Waals surface area contributed by atoms with Crippen LogP contribution in [0.15, 0.2) is 30.3 Å². The third-order valence-corrected chi connectivity index (χ3v) is 4.71. The van der Waals surface area contributed by atoms with E-state index in [0.29, 0.717) is 24.5 Å². The Morgan fingerprint density at radius 2 is 2.04 bits per heavy atom. The van der Waals surface area contributed by atoms with Crippen LogP contribution in [0.2, 0.25) is 0 Å². The monoisotopic (exact) mass is 312 g/mol. The second-order valence-corrected chi connectivity index (χ2v) is 6.17. The number of morpholine rings is 1. The van der Waals surface area contributed by atoms with Gasteiger partial charge < -0.3 is 9.64 Å². The summed E-state index contributed by atoms with van der Waals surface area (Å²) in [6.45, 7) is 3.09. The van der Waals surface area contributed by atoms with Crippen LogP contribution in [0.1, 0.15) is 35.4 Å². The fraction of sp³-hybridized carbons (Fsp3) is 0.471. The number of hydrogen-bond donors (Lipinski definition) is 0. The predicted molar refractivity (Wildman–Crippen MR) is 84.5 cm³/mol. The molecule has 0 spiro atoms. The first-order valence-corrected chi connectivity index (χ1v) is 8.16. The van der Waals surface area contributed by atoms with Crippen molar-refractivity contribution in [2.45, 2.75) is 38.3 Å². The molecule has 23 heavy (non-hydrogen) atoms. The quantitative estimate of drug-likeness (QED) is 0.850. The number of aryl methyl sites for hydroxylation is 1. The van der Waals surface area contributed by atoms with Gasteiger partial charge in [-0.3, -0.25) is 4.79 Å². The molecule has 1 aromatic heterocycles. The van der Waals surface area contributed by atoms with Crippen LogP contribution in [0, 0.1) is 6.92 Å². The fourth-order valence-corrected chi connectivity index (χ4v) is 3.57. The molecule has 0 bridgehead atoms. The molecule has 1 saturated carbocycles. The Balaban J connectivity index is 1.62. The highest BCUT2D eigenvalue weighted by atomic mass is 16.5. The molecular weight excluding hydrogens is 292 g/mol. The van der Waals surface area contributed by atoms with Gasteiger partial charge >= 0.3 is 0 Å². The van der Waals surface area contributed by atoms with Crippen LogP contribution in [-0.4, -0.2) is 51.1 Å². The highest BCUT2D eigenvalue weighted by Crippen LogP contribution is 2.30. The topological polar surface area (TPSA) is 60.2 Å². The number of rotatable bonds is 2. The van der Waals surface area contributed by atoms with Crippen LogP contribution in [0.4, 0.5) is 0 Å². The lowest BCUT2D eigenvalue weighted by Crippen LogP contribution is -2.51. The largest absolute Gasteiger partial charge is 0.374 e. The Morgan fingerprint density at radius 3 is 2.87 bits per heavy atom. The smallest absolute Gasteiger partial charge is 0.276 e. The van der Waals surface area contributed by atoms with Crippen molar-refractivity contribution in [2.24, 2.45) is 0 Å². The van der Waals surface area contributed by atoms with E-state index >= 15 is 0 Å². The summed E-state index contributed by atoms with van der Waals surface area (Å²) in [6.07, 6.45) is 3.37. The van der Waals surface area contributed by atoms with Crippen LogP contribution in [0.3, 0.4) is 0 Å². The Hall–Kier alpha value is -2.21. The van der Waals surface area contributed by atoms with E-state index in [4.69, 9.17) is 4.74 Å². The van der Waals surface area contributed by atoms with Gasteiger partial charge in [0.25, 0.3) is 5.91 Å². The maximum Gasteiger partial charge on any atom is 0.276 e. The summed E-state index contributed by atoms with van der Waals surface area (Å²) in [7, 11) is 0. The average molecular weight is 312 g/mol. The van der Waals surface area contributed by atoms with Crippen molar-refractivity contribution in [3.05, 3.63) is 41.7 Å². The van der Waals surface area contributed by atoms with Crippen LogP contribution in [0.25, 0.3) is 5.69 Å². The zero-order chi connectivity index (χ0) is 15.8. The highest BCUT2D eigenvalue weighted by molar-refractivity contribution is 5.93. The van der Waals surface area contributed by atoms with E-state index in [2.05, 4.69) is 10.2 Å². The number of aromatic nitrogens is 3. The molecule has 1 aliphatic heterocycles. The lowest BCUT2D eigenvalue weighted by atomic mass is 10.1. The Labute approximate surface area is 135 Å². The number of para-hydroxylation sites is 1. The SMILES string of the molecule is Cc1nn(-c2ccccc2)nc1C(=O)N1CCO[C@@H]2CCC[C@H]21. The Morgan fingerprint density at radius 1 is 1.22 bits per heavy atom. The minimum Gasteiger partial charge on any atom is -0.374 e. The fourth-order valence-electron chi connectivity index (χ4n) is 3.57. The van der Waals surface area contributed by atoms with Gasteiger partial charge in [-0.15, -0.1) is 5.10 Å². The summed E-state index contributed by atoms with van der Waals surface area (Å²) in [5.41, 5.74) is 1.97. The number of carbonyl (C=O) groups excluding carboxylic acids is 1. The van der Waals surface area contributed by atoms with Crippen molar-refractivity contribution in [1.29, 1.82) is 0 Å². The molecule has 0 N–H and O–H groups in total. The van der Waals surface area contributed by atoms with E-state index in [0.717, 1.165) is 24.9 Å². The van der Waals surface area contributed by atoms with E-state index in [9.17, 15) is 4.79 Å². The third kappa shape index (κ3) is 2.53. The number of carbonyl (C=O) groups is 1. The van der Waals surface area contributed by atoms with E-state index in [1.54, 1.807) is 0 Å². The van der Waals surface area contributed by atoms with Gasteiger partial charge in [0.05, 0.1) is 30.1 Å². The molecule has 2 fully saturated rings. The first-order valence-electron chi connectivity index (χ1n) is 8.16. The van der Waals surface area contributed by atoms with E-state index in [-0.39, 0.29) is 18.1 Å². The molecular formula is C17H20N4O2. The van der Waals surface area contributed by atoms with Gasteiger partial charge in [0.2, 0.25) is 0 Å². The molecule has 4 rings (SSSR count). The van der Waals surface area contributed by atoms with Crippen LogP contribution in [0.5, 0.6) is 0 Å². The summed E-state index contributed by atoms with van der Waals surface area (Å²) < 4.78 is 5.79. The predicted octanol–water partition coefficient (Wildman–Crippen LogP) is 1.97. The third-order valence-electron chi connectivity index (χ3n) is 4.71. The van der Waals surface area contributed by atoms with Crippen LogP contribution >= 0.6 is 0 Å². The molecule has 6 nitrogen and oxygen atoms in total. The van der Waals surface area contributed by atoms with Gasteiger partial charge in [-0.25, -0.2) is 0 Å². The summed E-state index contributed by atoms with van der Waals surface area (Å²) in [5.74, 6) is -0.0233. The molecule has 2 aromatic rings. The van der Waals surface area contributed by atoms with Crippen molar-refractivity contribution in [1.82, 2.24) is 19.9 Å². The summed E-state index contributed by atoms with van der Waals surface area (Å²) in [4.78, 5) is 16.4. The summed E-state index contributed by atoms with van der Waals surface area (Å²) in [5, 5.41) is 8.85. The molecule has 0 unspecified atom stereocenters. The molecule has 2 heterocycles. The second kappa shape index (κ2) is 5.77. The van der Waals surface area contributed by atoms with Gasteiger partial charge in [0.15, 0.2) is 5.69 Å². The Bertz CT molecular complexity index is 713. The van der Waals surface area contributed by atoms with Crippen molar-refractivity contribution in [3.63, 3.8) is 0 Å². The minimum atomic E-state index is -0.0233. The molecule has 120 valence electrons. The molecule has 0 radical (unpaired) electrons. The lowest BCUT2D eigenvalue weighted by Gasteiger charge is -2.37. The zero-order valence-electron chi connectivity index (χ0n) is 13.2. The van der Waals surface area contributed by atoms with Crippen LogP contribution in [-0.2, 0) is 4.74 Å². The van der Waals surface area contributed by atoms with Crippen LogP contribution < -0.4 is 0 Å². The number of hydrogen-bond acceptors (Lipinski definition) is 4. The lowest BCUT2D eigenvalue weighted by molar-refractivity contribution is -0.0447. The highest BCUT2D eigenvalue weighted by Gasteiger charge is 2.39. The van der Waals surface area contributed by atoms with E-state index in [1.807, 2.05) is 42.2 Å². The number of ether oxygens (including phenoxy) is 1. The number of benzene rings is 1. The van der Waals surface area contributed by atoms with E-state index in [1.165, 1.54) is 4.80 Å². The molecule has 1 aliphatic carbocycles. The summed E-state index contributed by atoms with van der Waals surface area (Å²) in [6, 6.07) is 9.85. The van der Waals surface area contributed by atoms with Crippen molar-refractivity contribution in [2.75, 3.05) is 13.2 Å². The van der Waals surface area contributed by atoms with Gasteiger partial charge in [0, 0.05) is 6.54 Å². The molecule has 6 heteroatoms. The first-order chi connectivity index (χ1) is 11.2. The molecule has 2 atom stereocenters. The maximum atomic E-state index is 13.0. The number of nitrogens with zero attached hydrogens (tertiary/aromatic N) is 4. The van der Waals surface area contributed by atoms with Gasteiger partial charge in [-0.1, -0.05) is 18.2 Å². The standard InChI is InChI=1S/C17H20N4O2/c1-12-16(19-21(18-12)13-6-3-2-4-7-13)17(22)20-10-11-23-15-9-5-8-14(15)20/h2-4,6-7,14-15H,5,8-11H2,1H3/t14-,15-/m1/s1. The second-order valence-electron chi connectivity index (χ2n) is 6.17. The minimum absolute atomic E-state index is 0.0233. The molecule has 2 aliphatic rings. The van der Waals surface area contributed by atoms with Gasteiger partial charge in [-0.05, 0) is 38.3 Å². The van der Waals surface area contributed by atoms with Gasteiger partial charge in [0.1, 0.15) is 0 Å². The normalized spacial score (nSPS) is 23.8. The zero-order valence-corrected chi connectivity index (χ0v) is 13.2. The van der Waals surface area contributed by atoms with Crippen molar-refractivity contribution < 1.29 is 9.53 Å². The van der Waals surface area contributed by atoms with E-state index < -0.39 is 0 Å². The van der Waals surface area contributed by atoms with Crippen molar-refractivity contribution >= 4 is 5.91 Å². The molecule has 1 amide bonds. The molecule has 1 saturated heterocycles. The average Bonchev–Trinajstić information content (AvgIpc) is 3.21. The first kappa shape index (κ1) is 14.4. The number of fused-ring (bicyclic) bond motifs is 1. The summed E-state index contributed by atoms with van der Waals surface area (Å²) >= 11 is 0. The van der Waals surface area contributed by atoms with Gasteiger partial charge in [-0.2, -0.15) is 9.90 Å².